The first-order chi connectivity index (χ1) is 9.48. The quantitative estimate of drug-likeness (QED) is 0.909. The highest BCUT2D eigenvalue weighted by atomic mass is 16.5. The van der Waals surface area contributed by atoms with E-state index in [0.29, 0.717) is 19.0 Å². The molecule has 0 bridgehead atoms. The summed E-state index contributed by atoms with van der Waals surface area (Å²) >= 11 is 0. The molecule has 1 aromatic carbocycles. The van der Waals surface area contributed by atoms with Gasteiger partial charge in [0.2, 0.25) is 0 Å². The van der Waals surface area contributed by atoms with E-state index >= 15 is 0 Å². The van der Waals surface area contributed by atoms with Gasteiger partial charge in [-0.25, -0.2) is 0 Å². The predicted octanol–water partition coefficient (Wildman–Crippen LogP) is 1.67. The number of carbonyl (C=O) groups is 1. The molecular formula is C16H21NO3. The average Bonchev–Trinajstić information content (AvgIpc) is 3.20. The number of β-amino-alcohol motifs (C(OH)–C–C–N with tert-alkyl or cyclic N) is 1. The van der Waals surface area contributed by atoms with Gasteiger partial charge in [0.15, 0.2) is 6.61 Å². The Morgan fingerprint density at radius 2 is 2.05 bits per heavy atom. The van der Waals surface area contributed by atoms with E-state index in [9.17, 15) is 9.90 Å². The van der Waals surface area contributed by atoms with Crippen molar-refractivity contribution >= 4 is 5.91 Å². The van der Waals surface area contributed by atoms with E-state index in [-0.39, 0.29) is 12.5 Å². The molecular weight excluding hydrogens is 254 g/mol. The molecule has 4 heteroatoms. The van der Waals surface area contributed by atoms with E-state index in [4.69, 9.17) is 4.74 Å². The maximum Gasteiger partial charge on any atom is 0.260 e. The number of likely N-dealkylation sites (tertiary alicyclic amines) is 1. The monoisotopic (exact) mass is 275 g/mol. The van der Waals surface area contributed by atoms with Crippen molar-refractivity contribution in [1.82, 2.24) is 4.90 Å². The SMILES string of the molecule is Cc1ccc(OCC(=O)N2CC(O)(C3CC3)C2)cc1C. The second kappa shape index (κ2) is 4.77. The molecule has 1 N–H and O–H groups in total. The van der Waals surface area contributed by atoms with E-state index in [2.05, 4.69) is 0 Å². The highest BCUT2D eigenvalue weighted by Gasteiger charge is 2.53. The van der Waals surface area contributed by atoms with Crippen LogP contribution in [0.4, 0.5) is 0 Å². The van der Waals surface area contributed by atoms with E-state index in [1.165, 1.54) is 5.56 Å². The van der Waals surface area contributed by atoms with Crippen LogP contribution < -0.4 is 4.74 Å². The smallest absolute Gasteiger partial charge is 0.260 e. The molecule has 1 saturated heterocycles. The zero-order chi connectivity index (χ0) is 14.3. The van der Waals surface area contributed by atoms with Gasteiger partial charge in [-0.2, -0.15) is 0 Å². The van der Waals surface area contributed by atoms with Crippen LogP contribution in [0.3, 0.4) is 0 Å². The van der Waals surface area contributed by atoms with Gasteiger partial charge >= 0.3 is 0 Å². The Kier molecular flexibility index (Phi) is 3.21. The third-order valence-electron chi connectivity index (χ3n) is 4.46. The standard InChI is InChI=1S/C16H21NO3/c1-11-3-6-14(7-12(11)2)20-8-15(18)17-9-16(19,10-17)13-4-5-13/h3,6-7,13,19H,4-5,8-10H2,1-2H3. The lowest BCUT2D eigenvalue weighted by Crippen LogP contribution is -2.65. The summed E-state index contributed by atoms with van der Waals surface area (Å²) in [7, 11) is 0. The first-order valence-corrected chi connectivity index (χ1v) is 7.18. The third kappa shape index (κ3) is 2.52. The van der Waals surface area contributed by atoms with Crippen LogP contribution in [0.25, 0.3) is 0 Å². The maximum absolute atomic E-state index is 12.0. The number of rotatable bonds is 4. The van der Waals surface area contributed by atoms with Crippen molar-refractivity contribution in [2.75, 3.05) is 19.7 Å². The minimum atomic E-state index is -0.615. The summed E-state index contributed by atoms with van der Waals surface area (Å²) in [5, 5.41) is 10.2. The Morgan fingerprint density at radius 1 is 1.35 bits per heavy atom. The third-order valence-corrected chi connectivity index (χ3v) is 4.46. The molecule has 1 heterocycles. The zero-order valence-electron chi connectivity index (χ0n) is 12.1. The van der Waals surface area contributed by atoms with Crippen LogP contribution in [0.1, 0.15) is 24.0 Å². The lowest BCUT2D eigenvalue weighted by molar-refractivity contribution is -0.161. The fourth-order valence-corrected chi connectivity index (χ4v) is 2.71. The van der Waals surface area contributed by atoms with Gasteiger partial charge in [0.1, 0.15) is 11.4 Å². The number of benzene rings is 1. The average molecular weight is 275 g/mol. The van der Waals surface area contributed by atoms with Crippen LogP contribution in [-0.2, 0) is 4.79 Å². The normalized spacial score (nSPS) is 20.4. The van der Waals surface area contributed by atoms with Gasteiger partial charge in [0, 0.05) is 0 Å². The van der Waals surface area contributed by atoms with E-state index < -0.39 is 5.60 Å². The molecule has 2 fully saturated rings. The predicted molar refractivity (Wildman–Crippen MR) is 75.7 cm³/mol. The molecule has 0 spiro atoms. The number of amides is 1. The second-order valence-corrected chi connectivity index (χ2v) is 6.16. The van der Waals surface area contributed by atoms with Crippen molar-refractivity contribution in [2.24, 2.45) is 5.92 Å². The summed E-state index contributed by atoms with van der Waals surface area (Å²) in [5.74, 6) is 1.08. The maximum atomic E-state index is 12.0. The number of ether oxygens (including phenoxy) is 1. The Bertz CT molecular complexity index is 531. The van der Waals surface area contributed by atoms with Crippen LogP contribution in [0, 0.1) is 19.8 Å². The minimum absolute atomic E-state index is 0.0449. The van der Waals surface area contributed by atoms with Gasteiger partial charge in [-0.3, -0.25) is 4.79 Å². The van der Waals surface area contributed by atoms with Gasteiger partial charge in [0.25, 0.3) is 5.91 Å². The molecule has 1 aliphatic carbocycles. The molecule has 0 atom stereocenters. The number of aliphatic hydroxyl groups is 1. The number of aryl methyl sites for hydroxylation is 2. The fourth-order valence-electron chi connectivity index (χ4n) is 2.71. The summed E-state index contributed by atoms with van der Waals surface area (Å²) < 4.78 is 5.53. The van der Waals surface area contributed by atoms with Gasteiger partial charge in [-0.15, -0.1) is 0 Å². The van der Waals surface area contributed by atoms with Gasteiger partial charge < -0.3 is 14.7 Å². The minimum Gasteiger partial charge on any atom is -0.484 e. The van der Waals surface area contributed by atoms with Crippen LogP contribution >= 0.6 is 0 Å². The van der Waals surface area contributed by atoms with Gasteiger partial charge in [0.05, 0.1) is 13.1 Å². The van der Waals surface area contributed by atoms with Crippen molar-refractivity contribution in [3.05, 3.63) is 29.3 Å². The first kappa shape index (κ1) is 13.4. The Hall–Kier alpha value is -1.55. The summed E-state index contributed by atoms with van der Waals surface area (Å²) in [4.78, 5) is 13.7. The summed E-state index contributed by atoms with van der Waals surface area (Å²) in [6, 6.07) is 5.82. The number of nitrogens with zero attached hydrogens (tertiary/aromatic N) is 1. The molecule has 1 aliphatic heterocycles. The highest BCUT2D eigenvalue weighted by Crippen LogP contribution is 2.44. The molecule has 1 saturated carbocycles. The van der Waals surface area contributed by atoms with E-state index in [1.807, 2.05) is 32.0 Å². The fraction of sp³-hybridized carbons (Fsp3) is 0.562. The molecule has 1 amide bonds. The van der Waals surface area contributed by atoms with E-state index in [1.54, 1.807) is 4.90 Å². The van der Waals surface area contributed by atoms with Crippen LogP contribution in [0.15, 0.2) is 18.2 Å². The molecule has 20 heavy (non-hydrogen) atoms. The van der Waals surface area contributed by atoms with E-state index in [0.717, 1.165) is 24.2 Å². The Balaban J connectivity index is 1.49. The van der Waals surface area contributed by atoms with Crippen LogP contribution in [0.5, 0.6) is 5.75 Å². The highest BCUT2D eigenvalue weighted by molar-refractivity contribution is 5.79. The van der Waals surface area contributed by atoms with Crippen molar-refractivity contribution in [2.45, 2.75) is 32.3 Å². The van der Waals surface area contributed by atoms with Crippen LogP contribution in [-0.4, -0.2) is 41.2 Å². The molecule has 1 aromatic rings. The van der Waals surface area contributed by atoms with Gasteiger partial charge in [-0.05, 0) is 55.9 Å². The van der Waals surface area contributed by atoms with Crippen molar-refractivity contribution in [1.29, 1.82) is 0 Å². The second-order valence-electron chi connectivity index (χ2n) is 6.16. The molecule has 0 radical (unpaired) electrons. The van der Waals surface area contributed by atoms with Crippen molar-refractivity contribution in [3.8, 4) is 5.75 Å². The van der Waals surface area contributed by atoms with Crippen molar-refractivity contribution < 1.29 is 14.6 Å². The summed E-state index contributed by atoms with van der Waals surface area (Å²) in [6.45, 7) is 5.04. The lowest BCUT2D eigenvalue weighted by atomic mass is 9.89. The Morgan fingerprint density at radius 3 is 2.65 bits per heavy atom. The number of hydrogen-bond acceptors (Lipinski definition) is 3. The summed E-state index contributed by atoms with van der Waals surface area (Å²) in [6.07, 6.45) is 2.19. The Labute approximate surface area is 119 Å². The van der Waals surface area contributed by atoms with Crippen LogP contribution in [0.2, 0.25) is 0 Å². The largest absolute Gasteiger partial charge is 0.484 e. The van der Waals surface area contributed by atoms with Gasteiger partial charge in [-0.1, -0.05) is 6.07 Å². The zero-order valence-corrected chi connectivity index (χ0v) is 12.1. The molecule has 108 valence electrons. The molecule has 0 aromatic heterocycles. The molecule has 0 unspecified atom stereocenters. The molecule has 3 rings (SSSR count). The number of carbonyl (C=O) groups excluding carboxylic acids is 1. The molecule has 4 nitrogen and oxygen atoms in total. The lowest BCUT2D eigenvalue weighted by Gasteiger charge is -2.46. The molecule has 2 aliphatic rings. The summed E-state index contributed by atoms with van der Waals surface area (Å²) in [5.41, 5.74) is 1.75. The van der Waals surface area contributed by atoms with Crippen molar-refractivity contribution in [3.63, 3.8) is 0 Å². The number of hydrogen-bond donors (Lipinski definition) is 1. The topological polar surface area (TPSA) is 49.8 Å². The first-order valence-electron chi connectivity index (χ1n) is 7.18.